The smallest absolute Gasteiger partial charge is 0.347 e. The molecule has 0 amide bonds. The highest BCUT2D eigenvalue weighted by Gasteiger charge is 2.37. The van der Waals surface area contributed by atoms with Crippen LogP contribution < -0.4 is 0 Å². The molecule has 0 spiro atoms. The molecule has 33 heavy (non-hydrogen) atoms. The van der Waals surface area contributed by atoms with E-state index in [1.807, 2.05) is 0 Å². The van der Waals surface area contributed by atoms with E-state index in [0.717, 1.165) is 0 Å². The summed E-state index contributed by atoms with van der Waals surface area (Å²) in [5.41, 5.74) is 1.44. The molecule has 0 saturated carbocycles. The number of carboxylic acid groups (broad SMARTS) is 2. The van der Waals surface area contributed by atoms with E-state index in [2.05, 4.69) is 0 Å². The third kappa shape index (κ3) is 3.06. The maximum atomic E-state index is 12.8. The van der Waals surface area contributed by atoms with Gasteiger partial charge >= 0.3 is 23.9 Å². The number of hydrogen-bond acceptors (Lipinski definition) is 5. The molecule has 0 radical (unpaired) electrons. The Hall–Kier alpha value is -4.78. The first-order chi connectivity index (χ1) is 15.9. The summed E-state index contributed by atoms with van der Waals surface area (Å²) in [7, 11) is 0. The predicted molar refractivity (Wildman–Crippen MR) is 118 cm³/mol. The van der Waals surface area contributed by atoms with Crippen molar-refractivity contribution >= 4 is 34.6 Å². The van der Waals surface area contributed by atoms with Crippen molar-refractivity contribution in [2.75, 3.05) is 0 Å². The Labute approximate surface area is 186 Å². The second-order valence-electron chi connectivity index (χ2n) is 7.46. The van der Waals surface area contributed by atoms with Gasteiger partial charge in [0.15, 0.2) is 0 Å². The zero-order valence-corrected chi connectivity index (χ0v) is 16.9. The van der Waals surface area contributed by atoms with Gasteiger partial charge in [-0.05, 0) is 39.6 Å². The van der Waals surface area contributed by atoms with Crippen molar-refractivity contribution < 1.29 is 34.1 Å². The zero-order valence-electron chi connectivity index (χ0n) is 16.9. The van der Waals surface area contributed by atoms with E-state index in [0.29, 0.717) is 33.0 Å². The first kappa shape index (κ1) is 20.1. The summed E-state index contributed by atoms with van der Waals surface area (Å²) in [5.74, 6) is -4.30. The number of carbonyl (C=O) groups is 4. The number of carbonyl (C=O) groups excluding carboxylic acids is 2. The minimum atomic E-state index is -1.39. The largest absolute Gasteiger partial charge is 0.478 e. The molecule has 0 saturated heterocycles. The molecule has 1 heterocycles. The number of hydrogen-bond donors (Lipinski definition) is 2. The van der Waals surface area contributed by atoms with Gasteiger partial charge in [0.2, 0.25) is 0 Å². The van der Waals surface area contributed by atoms with Crippen LogP contribution in [0.15, 0.2) is 72.8 Å². The Kier molecular flexibility index (Phi) is 4.53. The van der Waals surface area contributed by atoms with E-state index in [1.54, 1.807) is 54.6 Å². The molecular formula is C26H14O7. The van der Waals surface area contributed by atoms with Crippen molar-refractivity contribution in [1.82, 2.24) is 0 Å². The summed E-state index contributed by atoms with van der Waals surface area (Å²) in [6.07, 6.45) is 0. The minimum Gasteiger partial charge on any atom is -0.478 e. The quantitative estimate of drug-likeness (QED) is 0.344. The van der Waals surface area contributed by atoms with Gasteiger partial charge in [-0.1, -0.05) is 60.7 Å². The summed E-state index contributed by atoms with van der Waals surface area (Å²) >= 11 is 0. The normalized spacial score (nSPS) is 12.5. The molecular weight excluding hydrogens is 424 g/mol. The molecule has 1 aliphatic rings. The zero-order chi connectivity index (χ0) is 23.3. The van der Waals surface area contributed by atoms with Gasteiger partial charge in [-0.3, -0.25) is 0 Å². The number of esters is 2. The molecule has 7 heteroatoms. The molecule has 160 valence electrons. The monoisotopic (exact) mass is 438 g/mol. The third-order valence-electron chi connectivity index (χ3n) is 5.64. The van der Waals surface area contributed by atoms with Crippen LogP contribution in [0.1, 0.15) is 41.4 Å². The topological polar surface area (TPSA) is 118 Å². The van der Waals surface area contributed by atoms with Crippen LogP contribution in [-0.4, -0.2) is 34.1 Å². The molecule has 0 bridgehead atoms. The number of cyclic esters (lactones) is 2. The van der Waals surface area contributed by atoms with E-state index in [1.165, 1.54) is 18.2 Å². The van der Waals surface area contributed by atoms with Crippen molar-refractivity contribution in [2.45, 2.75) is 0 Å². The SMILES string of the molecule is O=C(O)c1ccc(-c2c(-c3ccccc3)c3c(c4ccccc24)C(=O)OC3=O)cc1C(=O)O. The van der Waals surface area contributed by atoms with E-state index in [9.17, 15) is 29.4 Å². The van der Waals surface area contributed by atoms with Crippen LogP contribution in [0, 0.1) is 0 Å². The number of rotatable bonds is 4. The van der Waals surface area contributed by atoms with Gasteiger partial charge in [0.05, 0.1) is 22.3 Å². The molecule has 4 aromatic rings. The van der Waals surface area contributed by atoms with Crippen LogP contribution in [-0.2, 0) is 4.74 Å². The van der Waals surface area contributed by atoms with Crippen LogP contribution in [0.5, 0.6) is 0 Å². The van der Waals surface area contributed by atoms with Crippen LogP contribution in [0.4, 0.5) is 0 Å². The van der Waals surface area contributed by atoms with Gasteiger partial charge in [-0.15, -0.1) is 0 Å². The molecule has 0 unspecified atom stereocenters. The Morgan fingerprint density at radius 3 is 1.79 bits per heavy atom. The Morgan fingerprint density at radius 2 is 1.15 bits per heavy atom. The third-order valence-corrected chi connectivity index (χ3v) is 5.64. The molecule has 4 aromatic carbocycles. The van der Waals surface area contributed by atoms with E-state index in [4.69, 9.17) is 4.74 Å². The first-order valence-electron chi connectivity index (χ1n) is 9.90. The summed E-state index contributed by atoms with van der Waals surface area (Å²) in [6, 6.07) is 19.8. The second kappa shape index (κ2) is 7.42. The van der Waals surface area contributed by atoms with Crippen molar-refractivity contribution in [3.63, 3.8) is 0 Å². The summed E-state index contributed by atoms with van der Waals surface area (Å²) in [5, 5.41) is 20.1. The molecule has 2 N–H and O–H groups in total. The maximum absolute atomic E-state index is 12.8. The van der Waals surface area contributed by atoms with Crippen molar-refractivity contribution in [1.29, 1.82) is 0 Å². The highest BCUT2D eigenvalue weighted by atomic mass is 16.6. The molecule has 7 nitrogen and oxygen atoms in total. The van der Waals surface area contributed by atoms with E-state index in [-0.39, 0.29) is 22.3 Å². The van der Waals surface area contributed by atoms with Gasteiger partial charge in [0.25, 0.3) is 0 Å². The van der Waals surface area contributed by atoms with Gasteiger partial charge in [0, 0.05) is 5.56 Å². The van der Waals surface area contributed by atoms with Crippen LogP contribution in [0.25, 0.3) is 33.0 Å². The lowest BCUT2D eigenvalue weighted by Crippen LogP contribution is -2.08. The molecule has 0 atom stereocenters. The lowest BCUT2D eigenvalue weighted by Gasteiger charge is -2.18. The lowest BCUT2D eigenvalue weighted by molar-refractivity contribution is 0.0443. The van der Waals surface area contributed by atoms with Crippen LogP contribution in [0.2, 0.25) is 0 Å². The van der Waals surface area contributed by atoms with Gasteiger partial charge < -0.3 is 14.9 Å². The lowest BCUT2D eigenvalue weighted by atomic mass is 9.83. The maximum Gasteiger partial charge on any atom is 0.347 e. The minimum absolute atomic E-state index is 0.0964. The summed E-state index contributed by atoms with van der Waals surface area (Å²) in [4.78, 5) is 48.8. The van der Waals surface area contributed by atoms with Gasteiger partial charge in [-0.2, -0.15) is 0 Å². The molecule has 5 rings (SSSR count). The second-order valence-corrected chi connectivity index (χ2v) is 7.46. The molecule has 0 fully saturated rings. The van der Waals surface area contributed by atoms with E-state index >= 15 is 0 Å². The highest BCUT2D eigenvalue weighted by molar-refractivity contribution is 6.27. The summed E-state index contributed by atoms with van der Waals surface area (Å²) < 4.78 is 4.96. The average Bonchev–Trinajstić information content (AvgIpc) is 3.12. The van der Waals surface area contributed by atoms with E-state index < -0.39 is 23.9 Å². The fourth-order valence-electron chi connectivity index (χ4n) is 4.30. The predicted octanol–water partition coefficient (Wildman–Crippen LogP) is 4.88. The summed E-state index contributed by atoms with van der Waals surface area (Å²) in [6.45, 7) is 0. The van der Waals surface area contributed by atoms with Crippen molar-refractivity contribution in [2.24, 2.45) is 0 Å². The Bertz CT molecular complexity index is 1520. The van der Waals surface area contributed by atoms with Gasteiger partial charge in [-0.25, -0.2) is 19.2 Å². The Balaban J connectivity index is 1.98. The van der Waals surface area contributed by atoms with Crippen LogP contribution >= 0.6 is 0 Å². The fourth-order valence-corrected chi connectivity index (χ4v) is 4.30. The molecule has 1 aliphatic heterocycles. The van der Waals surface area contributed by atoms with Crippen molar-refractivity contribution in [3.8, 4) is 22.3 Å². The average molecular weight is 438 g/mol. The number of benzene rings is 4. The first-order valence-corrected chi connectivity index (χ1v) is 9.90. The number of ether oxygens (including phenoxy) is 1. The molecule has 0 aliphatic carbocycles. The van der Waals surface area contributed by atoms with Gasteiger partial charge in [0.1, 0.15) is 0 Å². The number of aromatic carboxylic acids is 2. The number of fused-ring (bicyclic) bond motifs is 3. The fraction of sp³-hybridized carbons (Fsp3) is 0. The van der Waals surface area contributed by atoms with Crippen LogP contribution in [0.3, 0.4) is 0 Å². The standard InChI is InChI=1S/C26H14O7/c27-23(28)17-11-10-14(12-18(17)24(29)30)19-15-8-4-5-9-16(15)21-22(26(32)33-25(21)31)20(19)13-6-2-1-3-7-13/h1-12H,(H,27,28)(H,29,30). The number of carboxylic acids is 2. The van der Waals surface area contributed by atoms with Crippen molar-refractivity contribution in [3.05, 3.63) is 95.1 Å². The highest BCUT2D eigenvalue weighted by Crippen LogP contribution is 2.45. The molecule has 0 aromatic heterocycles. The Morgan fingerprint density at radius 1 is 0.576 bits per heavy atom.